The zero-order chi connectivity index (χ0) is 24.1. The Kier molecular flexibility index (Phi) is 8.20. The van der Waals surface area contributed by atoms with Gasteiger partial charge in [-0.1, -0.05) is 26.0 Å². The first-order valence-electron chi connectivity index (χ1n) is 11.0. The predicted molar refractivity (Wildman–Crippen MR) is 118 cm³/mol. The van der Waals surface area contributed by atoms with Gasteiger partial charge in [-0.05, 0) is 51.3 Å². The highest BCUT2D eigenvalue weighted by Crippen LogP contribution is 2.41. The molecule has 0 aliphatic carbocycles. The summed E-state index contributed by atoms with van der Waals surface area (Å²) in [5, 5.41) is 5.29. The van der Waals surface area contributed by atoms with E-state index in [0.29, 0.717) is 17.7 Å². The van der Waals surface area contributed by atoms with Gasteiger partial charge in [-0.25, -0.2) is 13.6 Å². The van der Waals surface area contributed by atoms with Gasteiger partial charge in [-0.3, -0.25) is 14.9 Å². The summed E-state index contributed by atoms with van der Waals surface area (Å²) < 4.78 is 34.8. The number of carbonyl (C=O) groups is 3. The summed E-state index contributed by atoms with van der Waals surface area (Å²) in [4.78, 5) is 36.3. The van der Waals surface area contributed by atoms with Crippen LogP contribution in [0.3, 0.4) is 0 Å². The number of ether oxygens (including phenoxy) is 1. The van der Waals surface area contributed by atoms with Gasteiger partial charge in [0.25, 0.3) is 5.92 Å². The van der Waals surface area contributed by atoms with Crippen LogP contribution in [0.2, 0.25) is 0 Å². The number of benzene rings is 1. The molecule has 2 aliphatic rings. The fourth-order valence-corrected chi connectivity index (χ4v) is 3.68. The Bertz CT molecular complexity index is 822. The molecule has 0 aromatic heterocycles. The Balaban J connectivity index is 0.00000176. The molecule has 0 spiro atoms. The molecule has 0 bridgehead atoms. The van der Waals surface area contributed by atoms with Crippen molar-refractivity contribution in [2.75, 3.05) is 18.4 Å². The van der Waals surface area contributed by atoms with Crippen molar-refractivity contribution in [1.29, 1.82) is 0 Å². The first-order valence-corrected chi connectivity index (χ1v) is 11.0. The van der Waals surface area contributed by atoms with Crippen LogP contribution in [0.4, 0.5) is 19.3 Å². The summed E-state index contributed by atoms with van der Waals surface area (Å²) in [5.74, 6) is -4.79. The van der Waals surface area contributed by atoms with Crippen molar-refractivity contribution >= 4 is 23.6 Å². The van der Waals surface area contributed by atoms with Gasteiger partial charge in [0.1, 0.15) is 11.6 Å². The lowest BCUT2D eigenvalue weighted by molar-refractivity contribution is -0.133. The van der Waals surface area contributed by atoms with Crippen molar-refractivity contribution in [3.05, 3.63) is 29.8 Å². The van der Waals surface area contributed by atoms with E-state index in [1.165, 1.54) is 0 Å². The third kappa shape index (κ3) is 6.64. The molecule has 2 N–H and O–H groups in total. The zero-order valence-electron chi connectivity index (χ0n) is 19.3. The van der Waals surface area contributed by atoms with Gasteiger partial charge in [0, 0.05) is 18.7 Å². The number of rotatable bonds is 3. The Morgan fingerprint density at radius 1 is 1.16 bits per heavy atom. The molecule has 178 valence electrons. The number of likely N-dealkylation sites (tertiary alicyclic amines) is 1. The Morgan fingerprint density at radius 2 is 1.78 bits per heavy atom. The number of alkyl halides is 2. The molecule has 0 saturated carbocycles. The smallest absolute Gasteiger partial charge is 0.410 e. The highest BCUT2D eigenvalue weighted by molar-refractivity contribution is 6.01. The van der Waals surface area contributed by atoms with Crippen LogP contribution in [0.5, 0.6) is 0 Å². The topological polar surface area (TPSA) is 87.7 Å². The molecule has 2 aliphatic heterocycles. The lowest BCUT2D eigenvalue weighted by atomic mass is 9.86. The summed E-state index contributed by atoms with van der Waals surface area (Å²) in [6.45, 7) is 8.58. The highest BCUT2D eigenvalue weighted by Gasteiger charge is 2.47. The van der Waals surface area contributed by atoms with Crippen molar-refractivity contribution in [1.82, 2.24) is 10.2 Å². The van der Waals surface area contributed by atoms with Crippen LogP contribution in [0.25, 0.3) is 0 Å². The number of amides is 3. The van der Waals surface area contributed by atoms with E-state index >= 15 is 0 Å². The highest BCUT2D eigenvalue weighted by atomic mass is 19.3. The maximum absolute atomic E-state index is 14.8. The van der Waals surface area contributed by atoms with Gasteiger partial charge >= 0.3 is 6.09 Å². The van der Waals surface area contributed by atoms with E-state index in [9.17, 15) is 23.2 Å². The molecule has 0 radical (unpaired) electrons. The van der Waals surface area contributed by atoms with Crippen LogP contribution >= 0.6 is 0 Å². The molecule has 9 heteroatoms. The zero-order valence-corrected chi connectivity index (χ0v) is 19.3. The number of carbonyl (C=O) groups excluding carboxylic acids is 3. The number of nitrogens with one attached hydrogen (secondary N) is 2. The van der Waals surface area contributed by atoms with Crippen LogP contribution in [-0.4, -0.2) is 53.5 Å². The molecule has 2 fully saturated rings. The summed E-state index contributed by atoms with van der Waals surface area (Å²) >= 11 is 0. The molecule has 3 rings (SSSR count). The van der Waals surface area contributed by atoms with Gasteiger partial charge < -0.3 is 15.0 Å². The van der Waals surface area contributed by atoms with Gasteiger partial charge in [-0.15, -0.1) is 0 Å². The number of hydrogen-bond donors (Lipinski definition) is 2. The largest absolute Gasteiger partial charge is 0.444 e. The summed E-state index contributed by atoms with van der Waals surface area (Å²) in [6.07, 6.45) is 0.0217. The summed E-state index contributed by atoms with van der Waals surface area (Å²) in [5.41, 5.74) is 0.342. The third-order valence-electron chi connectivity index (χ3n) is 5.14. The lowest BCUT2D eigenvalue weighted by Gasteiger charge is -2.39. The van der Waals surface area contributed by atoms with E-state index in [2.05, 4.69) is 10.6 Å². The van der Waals surface area contributed by atoms with Gasteiger partial charge in [0.05, 0.1) is 12.5 Å². The van der Waals surface area contributed by atoms with E-state index in [1.54, 1.807) is 45.0 Å². The van der Waals surface area contributed by atoms with Crippen molar-refractivity contribution in [3.63, 3.8) is 0 Å². The maximum atomic E-state index is 14.8. The Hall–Kier alpha value is -2.71. The normalized spacial score (nSPS) is 22.9. The lowest BCUT2D eigenvalue weighted by Crippen LogP contribution is -2.50. The first-order chi connectivity index (χ1) is 14.9. The SMILES string of the molecule is CC.CC(C)(C)OC(=O)N1CCC(c2ccc(NC3CCC(=O)NC3=O)cc2)C(F)(F)C1. The van der Waals surface area contributed by atoms with E-state index in [0.717, 1.165) is 4.90 Å². The van der Waals surface area contributed by atoms with Crippen LogP contribution in [0.1, 0.15) is 65.4 Å². The minimum Gasteiger partial charge on any atom is -0.444 e. The number of imide groups is 1. The average molecular weight is 454 g/mol. The van der Waals surface area contributed by atoms with Crippen LogP contribution < -0.4 is 10.6 Å². The number of piperidine rings is 2. The molecule has 32 heavy (non-hydrogen) atoms. The molecular weight excluding hydrogens is 420 g/mol. The predicted octanol–water partition coefficient (Wildman–Crippen LogP) is 4.29. The number of halogens is 2. The van der Waals surface area contributed by atoms with Crippen LogP contribution in [0.15, 0.2) is 24.3 Å². The Morgan fingerprint density at radius 3 is 2.31 bits per heavy atom. The molecule has 2 unspecified atom stereocenters. The molecule has 7 nitrogen and oxygen atoms in total. The molecule has 1 aromatic carbocycles. The quantitative estimate of drug-likeness (QED) is 0.667. The van der Waals surface area contributed by atoms with Crippen molar-refractivity contribution < 1.29 is 27.9 Å². The monoisotopic (exact) mass is 453 g/mol. The van der Waals surface area contributed by atoms with E-state index in [1.807, 2.05) is 13.8 Å². The number of anilines is 1. The third-order valence-corrected chi connectivity index (χ3v) is 5.14. The van der Waals surface area contributed by atoms with Crippen molar-refractivity contribution in [2.45, 2.75) is 77.4 Å². The second kappa shape index (κ2) is 10.3. The first kappa shape index (κ1) is 25.5. The van der Waals surface area contributed by atoms with Crippen molar-refractivity contribution in [2.24, 2.45) is 0 Å². The molecule has 2 heterocycles. The van der Waals surface area contributed by atoms with E-state index < -0.39 is 42.0 Å². The van der Waals surface area contributed by atoms with E-state index in [4.69, 9.17) is 4.74 Å². The van der Waals surface area contributed by atoms with Crippen molar-refractivity contribution in [3.8, 4) is 0 Å². The fourth-order valence-electron chi connectivity index (χ4n) is 3.68. The summed E-state index contributed by atoms with van der Waals surface area (Å²) in [6, 6.07) is 5.98. The minimum atomic E-state index is -3.09. The average Bonchev–Trinajstić information content (AvgIpc) is 2.70. The number of nitrogens with zero attached hydrogens (tertiary/aromatic N) is 1. The van der Waals surface area contributed by atoms with E-state index in [-0.39, 0.29) is 25.3 Å². The maximum Gasteiger partial charge on any atom is 0.410 e. The second-order valence-electron chi connectivity index (χ2n) is 8.77. The van der Waals surface area contributed by atoms with Gasteiger partial charge in [0.2, 0.25) is 11.8 Å². The molecule has 3 amide bonds. The van der Waals surface area contributed by atoms with Crippen LogP contribution in [-0.2, 0) is 14.3 Å². The molecule has 1 aromatic rings. The minimum absolute atomic E-state index is 0.117. The molecule has 2 atom stereocenters. The number of hydrogen-bond acceptors (Lipinski definition) is 5. The standard InChI is InChI=1S/C21H27F2N3O4.C2H6/c1-20(2,3)30-19(29)26-11-10-15(21(22,23)12-26)13-4-6-14(7-5-13)24-16-8-9-17(27)25-18(16)28;1-2/h4-7,15-16,24H,8-12H2,1-3H3,(H,25,27,28);1-2H3. The Labute approximate surface area is 187 Å². The second-order valence-corrected chi connectivity index (χ2v) is 8.77. The van der Waals surface area contributed by atoms with Crippen LogP contribution in [0, 0.1) is 0 Å². The summed E-state index contributed by atoms with van der Waals surface area (Å²) in [7, 11) is 0. The van der Waals surface area contributed by atoms with Gasteiger partial charge in [0.15, 0.2) is 0 Å². The molecule has 2 saturated heterocycles. The fraction of sp³-hybridized carbons (Fsp3) is 0.609. The molecular formula is C23H33F2N3O4. The van der Waals surface area contributed by atoms with Gasteiger partial charge in [-0.2, -0.15) is 0 Å².